The summed E-state index contributed by atoms with van der Waals surface area (Å²) in [5, 5.41) is 3.56. The number of anilines is 1. The van der Waals surface area contributed by atoms with E-state index >= 15 is 0 Å². The molecule has 0 aliphatic heterocycles. The van der Waals surface area contributed by atoms with Crippen LogP contribution < -0.4 is 5.32 Å². The van der Waals surface area contributed by atoms with Gasteiger partial charge in [-0.15, -0.1) is 0 Å². The predicted molar refractivity (Wildman–Crippen MR) is 75.5 cm³/mol. The molecule has 1 aliphatic carbocycles. The van der Waals surface area contributed by atoms with Crippen LogP contribution in [0.2, 0.25) is 10.0 Å². The summed E-state index contributed by atoms with van der Waals surface area (Å²) < 4.78 is 0. The number of benzene rings is 1. The molecule has 1 N–H and O–H groups in total. The zero-order chi connectivity index (χ0) is 14.0. The summed E-state index contributed by atoms with van der Waals surface area (Å²) in [6.45, 7) is 1.53. The van der Waals surface area contributed by atoms with Gasteiger partial charge in [0.05, 0.1) is 10.7 Å². The Bertz CT molecular complexity index is 515. The van der Waals surface area contributed by atoms with E-state index in [0.717, 1.165) is 12.8 Å². The quantitative estimate of drug-likeness (QED) is 0.929. The Morgan fingerprint density at radius 3 is 2.58 bits per heavy atom. The SMILES string of the molecule is CC(=O)N(CC(=O)Nc1ccc(Cl)cc1Cl)C1CC1. The molecule has 0 heterocycles. The molecular formula is C13H14Cl2N2O2. The van der Waals surface area contributed by atoms with Crippen LogP contribution in [-0.4, -0.2) is 29.3 Å². The first kappa shape index (κ1) is 14.2. The van der Waals surface area contributed by atoms with Gasteiger partial charge in [-0.05, 0) is 31.0 Å². The van der Waals surface area contributed by atoms with Gasteiger partial charge in [0.15, 0.2) is 0 Å². The second-order valence-corrected chi connectivity index (χ2v) is 5.39. The lowest BCUT2D eigenvalue weighted by Crippen LogP contribution is -2.38. The normalized spacial score (nSPS) is 14.1. The molecule has 1 aromatic carbocycles. The van der Waals surface area contributed by atoms with Gasteiger partial charge in [0.1, 0.15) is 6.54 Å². The lowest BCUT2D eigenvalue weighted by Gasteiger charge is -2.20. The highest BCUT2D eigenvalue weighted by atomic mass is 35.5. The number of carbonyl (C=O) groups excluding carboxylic acids is 2. The minimum absolute atomic E-state index is 0.0545. The molecule has 0 unspecified atom stereocenters. The van der Waals surface area contributed by atoms with E-state index in [1.54, 1.807) is 23.1 Å². The molecule has 1 fully saturated rings. The van der Waals surface area contributed by atoms with Crippen LogP contribution in [0, 0.1) is 0 Å². The highest BCUT2D eigenvalue weighted by Crippen LogP contribution is 2.28. The molecule has 2 rings (SSSR count). The van der Waals surface area contributed by atoms with Gasteiger partial charge < -0.3 is 10.2 Å². The van der Waals surface area contributed by atoms with E-state index in [-0.39, 0.29) is 24.4 Å². The number of amides is 2. The summed E-state index contributed by atoms with van der Waals surface area (Å²) in [6, 6.07) is 5.05. The maximum atomic E-state index is 11.9. The molecule has 4 nitrogen and oxygen atoms in total. The van der Waals surface area contributed by atoms with E-state index < -0.39 is 0 Å². The van der Waals surface area contributed by atoms with Crippen molar-refractivity contribution in [3.8, 4) is 0 Å². The van der Waals surface area contributed by atoms with Gasteiger partial charge in [-0.25, -0.2) is 0 Å². The zero-order valence-electron chi connectivity index (χ0n) is 10.5. The van der Waals surface area contributed by atoms with E-state index in [0.29, 0.717) is 15.7 Å². The van der Waals surface area contributed by atoms with E-state index in [2.05, 4.69) is 5.32 Å². The van der Waals surface area contributed by atoms with Gasteiger partial charge in [-0.3, -0.25) is 9.59 Å². The van der Waals surface area contributed by atoms with Crippen molar-refractivity contribution in [1.82, 2.24) is 4.90 Å². The van der Waals surface area contributed by atoms with E-state index in [1.165, 1.54) is 6.92 Å². The third-order valence-corrected chi connectivity index (χ3v) is 3.46. The molecule has 6 heteroatoms. The molecule has 1 aromatic rings. The summed E-state index contributed by atoms with van der Waals surface area (Å²) in [5.74, 6) is -0.342. The second-order valence-electron chi connectivity index (χ2n) is 4.55. The van der Waals surface area contributed by atoms with Crippen molar-refractivity contribution in [2.45, 2.75) is 25.8 Å². The average Bonchev–Trinajstić information content (AvgIpc) is 3.13. The first-order chi connectivity index (χ1) is 8.97. The van der Waals surface area contributed by atoms with Gasteiger partial charge in [0.25, 0.3) is 0 Å². The summed E-state index contributed by atoms with van der Waals surface area (Å²) in [4.78, 5) is 24.9. The first-order valence-corrected chi connectivity index (χ1v) is 6.75. The van der Waals surface area contributed by atoms with Crippen LogP contribution in [0.1, 0.15) is 19.8 Å². The van der Waals surface area contributed by atoms with Crippen molar-refractivity contribution in [1.29, 1.82) is 0 Å². The van der Waals surface area contributed by atoms with Crippen molar-refractivity contribution in [2.75, 3.05) is 11.9 Å². The molecule has 1 aliphatic rings. The van der Waals surface area contributed by atoms with Crippen LogP contribution in [0.5, 0.6) is 0 Å². The molecule has 0 aromatic heterocycles. The molecule has 0 atom stereocenters. The third kappa shape index (κ3) is 3.85. The Balaban J connectivity index is 1.98. The Kier molecular flexibility index (Phi) is 4.32. The summed E-state index contributed by atoms with van der Waals surface area (Å²) in [7, 11) is 0. The van der Waals surface area contributed by atoms with Crippen LogP contribution in [-0.2, 0) is 9.59 Å². The fourth-order valence-electron chi connectivity index (χ4n) is 1.82. The number of nitrogens with one attached hydrogen (secondary N) is 1. The largest absolute Gasteiger partial charge is 0.331 e. The standard InChI is InChI=1S/C13H14Cl2N2O2/c1-8(18)17(10-3-4-10)7-13(19)16-12-5-2-9(14)6-11(12)15/h2,5-6,10H,3-4,7H2,1H3,(H,16,19). The number of halogens is 2. The molecule has 0 radical (unpaired) electrons. The summed E-state index contributed by atoms with van der Waals surface area (Å²) in [5.41, 5.74) is 0.496. The van der Waals surface area contributed by atoms with Crippen molar-refractivity contribution in [3.63, 3.8) is 0 Å². The van der Waals surface area contributed by atoms with Crippen molar-refractivity contribution in [3.05, 3.63) is 28.2 Å². The van der Waals surface area contributed by atoms with Gasteiger partial charge in [0, 0.05) is 18.0 Å². The number of hydrogen-bond acceptors (Lipinski definition) is 2. The Labute approximate surface area is 121 Å². The molecule has 0 spiro atoms. The van der Waals surface area contributed by atoms with Gasteiger partial charge in [-0.2, -0.15) is 0 Å². The molecule has 0 saturated heterocycles. The zero-order valence-corrected chi connectivity index (χ0v) is 12.0. The maximum absolute atomic E-state index is 11.9. The number of nitrogens with zero attached hydrogens (tertiary/aromatic N) is 1. The summed E-state index contributed by atoms with van der Waals surface area (Å²) in [6.07, 6.45) is 1.93. The molecule has 2 amide bonds. The van der Waals surface area contributed by atoms with Crippen LogP contribution in [0.4, 0.5) is 5.69 Å². The first-order valence-electron chi connectivity index (χ1n) is 5.99. The summed E-state index contributed by atoms with van der Waals surface area (Å²) >= 11 is 11.7. The minimum Gasteiger partial charge on any atom is -0.331 e. The van der Waals surface area contributed by atoms with Gasteiger partial charge >= 0.3 is 0 Å². The van der Waals surface area contributed by atoms with Crippen molar-refractivity contribution >= 4 is 40.7 Å². The number of hydrogen-bond donors (Lipinski definition) is 1. The lowest BCUT2D eigenvalue weighted by atomic mass is 10.3. The van der Waals surface area contributed by atoms with E-state index in [1.807, 2.05) is 0 Å². The predicted octanol–water partition coefficient (Wildman–Crippen LogP) is 2.94. The highest BCUT2D eigenvalue weighted by molar-refractivity contribution is 6.36. The minimum atomic E-state index is -0.258. The van der Waals surface area contributed by atoms with E-state index in [9.17, 15) is 9.59 Å². The fourth-order valence-corrected chi connectivity index (χ4v) is 2.27. The average molecular weight is 301 g/mol. The topological polar surface area (TPSA) is 49.4 Å². The monoisotopic (exact) mass is 300 g/mol. The van der Waals surface area contributed by atoms with Crippen LogP contribution in [0.25, 0.3) is 0 Å². The van der Waals surface area contributed by atoms with E-state index in [4.69, 9.17) is 23.2 Å². The Morgan fingerprint density at radius 2 is 2.05 bits per heavy atom. The fraction of sp³-hybridized carbons (Fsp3) is 0.385. The second kappa shape index (κ2) is 5.80. The Hall–Kier alpha value is -1.26. The van der Waals surface area contributed by atoms with Crippen molar-refractivity contribution in [2.24, 2.45) is 0 Å². The lowest BCUT2D eigenvalue weighted by molar-refractivity contribution is -0.133. The maximum Gasteiger partial charge on any atom is 0.244 e. The smallest absolute Gasteiger partial charge is 0.244 e. The van der Waals surface area contributed by atoms with Gasteiger partial charge in [-0.1, -0.05) is 23.2 Å². The molecule has 0 bridgehead atoms. The molecule has 1 saturated carbocycles. The van der Waals surface area contributed by atoms with Crippen LogP contribution >= 0.6 is 23.2 Å². The number of carbonyl (C=O) groups is 2. The third-order valence-electron chi connectivity index (χ3n) is 2.91. The molecular weight excluding hydrogens is 287 g/mol. The highest BCUT2D eigenvalue weighted by Gasteiger charge is 2.32. The molecule has 19 heavy (non-hydrogen) atoms. The van der Waals surface area contributed by atoms with Gasteiger partial charge in [0.2, 0.25) is 11.8 Å². The van der Waals surface area contributed by atoms with Crippen LogP contribution in [0.15, 0.2) is 18.2 Å². The number of rotatable bonds is 4. The molecule has 102 valence electrons. The van der Waals surface area contributed by atoms with Crippen LogP contribution in [0.3, 0.4) is 0 Å². The van der Waals surface area contributed by atoms with Crippen molar-refractivity contribution < 1.29 is 9.59 Å². The Morgan fingerprint density at radius 1 is 1.37 bits per heavy atom.